The van der Waals surface area contributed by atoms with Crippen molar-refractivity contribution >= 4 is 29.2 Å². The number of H-pyrrole nitrogens is 1. The molecule has 3 atom stereocenters. The van der Waals surface area contributed by atoms with E-state index in [9.17, 15) is 0 Å². The second kappa shape index (κ2) is 6.78. The van der Waals surface area contributed by atoms with E-state index in [-0.39, 0.29) is 6.61 Å². The fourth-order valence-electron chi connectivity index (χ4n) is 3.77. The maximum absolute atomic E-state index is 9.11. The van der Waals surface area contributed by atoms with Gasteiger partial charge in [0.25, 0.3) is 0 Å². The molecule has 134 valence electrons. The van der Waals surface area contributed by atoms with Gasteiger partial charge in [-0.2, -0.15) is 10.1 Å². The van der Waals surface area contributed by atoms with E-state index < -0.39 is 0 Å². The normalized spacial score (nSPS) is 25.2. The molecule has 2 aliphatic heterocycles. The monoisotopic (exact) mass is 363 g/mol. The lowest BCUT2D eigenvalue weighted by atomic mass is 9.99. The Balaban J connectivity index is 1.52. The number of aliphatic hydroxyl groups is 1. The van der Waals surface area contributed by atoms with Gasteiger partial charge in [-0.3, -0.25) is 5.10 Å². The smallest absolute Gasteiger partial charge is 0.228 e. The van der Waals surface area contributed by atoms with Crippen molar-refractivity contribution < 1.29 is 5.11 Å². The molecule has 2 saturated heterocycles. The van der Waals surface area contributed by atoms with Crippen molar-refractivity contribution in [2.45, 2.75) is 50.4 Å². The number of rotatable bonds is 5. The Kier molecular flexibility index (Phi) is 4.49. The van der Waals surface area contributed by atoms with Crippen LogP contribution in [0.25, 0.3) is 0 Å². The maximum Gasteiger partial charge on any atom is 0.228 e. The zero-order chi connectivity index (χ0) is 17.4. The summed E-state index contributed by atoms with van der Waals surface area (Å²) in [5.41, 5.74) is 0.630. The van der Waals surface area contributed by atoms with E-state index in [1.807, 2.05) is 7.05 Å². The van der Waals surface area contributed by atoms with Crippen LogP contribution in [-0.2, 0) is 6.61 Å². The van der Waals surface area contributed by atoms with Crippen LogP contribution < -0.4 is 15.5 Å². The standard InChI is InChI=1S/C16H22ClN7O/c1-24(12-4-9-2-3-10(5-12)18-9)16-19-13(17)7-14(21-16)20-15-6-11(8-25)22-23-15/h6-7,9-10,12,18,25H,2-5,8H2,1H3,(H2,19,20,21,22,23)/t9-,10+,12-. The highest BCUT2D eigenvalue weighted by Crippen LogP contribution is 2.31. The number of aromatic amines is 1. The number of hydrogen-bond acceptors (Lipinski definition) is 7. The third-order valence-electron chi connectivity index (χ3n) is 5.05. The predicted octanol–water partition coefficient (Wildman–Crippen LogP) is 1.81. The summed E-state index contributed by atoms with van der Waals surface area (Å²) in [6.45, 7) is -0.0920. The van der Waals surface area contributed by atoms with E-state index in [4.69, 9.17) is 16.7 Å². The molecule has 8 nitrogen and oxygen atoms in total. The van der Waals surface area contributed by atoms with E-state index in [1.54, 1.807) is 12.1 Å². The molecule has 0 spiro atoms. The van der Waals surface area contributed by atoms with Crippen LogP contribution in [0.15, 0.2) is 12.1 Å². The van der Waals surface area contributed by atoms with Crippen LogP contribution >= 0.6 is 11.6 Å². The second-order valence-electron chi connectivity index (χ2n) is 6.81. The molecule has 0 radical (unpaired) electrons. The minimum atomic E-state index is -0.0920. The molecule has 25 heavy (non-hydrogen) atoms. The Morgan fingerprint density at radius 1 is 1.24 bits per heavy atom. The number of fused-ring (bicyclic) bond motifs is 2. The lowest BCUT2D eigenvalue weighted by Crippen LogP contribution is -2.47. The minimum absolute atomic E-state index is 0.0920. The lowest BCUT2D eigenvalue weighted by molar-refractivity contribution is 0.276. The maximum atomic E-state index is 9.11. The van der Waals surface area contributed by atoms with Gasteiger partial charge in [-0.05, 0) is 25.7 Å². The number of hydrogen-bond donors (Lipinski definition) is 4. The molecule has 9 heteroatoms. The Morgan fingerprint density at radius 2 is 2.00 bits per heavy atom. The first-order valence-corrected chi connectivity index (χ1v) is 8.94. The molecule has 2 aliphatic rings. The molecule has 0 aromatic carbocycles. The molecule has 2 bridgehead atoms. The summed E-state index contributed by atoms with van der Waals surface area (Å²) in [5.74, 6) is 1.77. The molecule has 0 unspecified atom stereocenters. The summed E-state index contributed by atoms with van der Waals surface area (Å²) < 4.78 is 0. The van der Waals surface area contributed by atoms with Crippen LogP contribution in [0.1, 0.15) is 31.4 Å². The highest BCUT2D eigenvalue weighted by Gasteiger charge is 2.35. The van der Waals surface area contributed by atoms with Gasteiger partial charge in [0, 0.05) is 37.3 Å². The summed E-state index contributed by atoms with van der Waals surface area (Å²) in [5, 5.41) is 23.1. The molecule has 4 rings (SSSR count). The van der Waals surface area contributed by atoms with E-state index in [0.29, 0.717) is 46.6 Å². The van der Waals surface area contributed by atoms with Crippen LogP contribution in [0.2, 0.25) is 5.15 Å². The van der Waals surface area contributed by atoms with Crippen molar-refractivity contribution in [1.82, 2.24) is 25.5 Å². The topological polar surface area (TPSA) is 102 Å². The van der Waals surface area contributed by atoms with Crippen molar-refractivity contribution in [3.8, 4) is 0 Å². The molecule has 0 aliphatic carbocycles. The number of nitrogens with one attached hydrogen (secondary N) is 3. The number of piperidine rings is 1. The molecule has 4 heterocycles. The highest BCUT2D eigenvalue weighted by atomic mass is 35.5. The van der Waals surface area contributed by atoms with E-state index in [0.717, 1.165) is 12.8 Å². The Labute approximate surface area is 151 Å². The average Bonchev–Trinajstić information content (AvgIpc) is 3.19. The third-order valence-corrected chi connectivity index (χ3v) is 5.25. The summed E-state index contributed by atoms with van der Waals surface area (Å²) in [7, 11) is 2.03. The average molecular weight is 364 g/mol. The second-order valence-corrected chi connectivity index (χ2v) is 7.20. The Hall–Kier alpha value is -1.90. The zero-order valence-electron chi connectivity index (χ0n) is 14.0. The Morgan fingerprint density at radius 3 is 2.68 bits per heavy atom. The summed E-state index contributed by atoms with van der Waals surface area (Å²) >= 11 is 6.20. The number of aromatic nitrogens is 4. The molecule has 2 fully saturated rings. The molecular weight excluding hydrogens is 342 g/mol. The fourth-order valence-corrected chi connectivity index (χ4v) is 3.95. The molecule has 0 saturated carbocycles. The molecule has 4 N–H and O–H groups in total. The van der Waals surface area contributed by atoms with Gasteiger partial charge in [-0.1, -0.05) is 11.6 Å². The van der Waals surface area contributed by atoms with E-state index >= 15 is 0 Å². The van der Waals surface area contributed by atoms with Gasteiger partial charge in [-0.25, -0.2) is 4.98 Å². The minimum Gasteiger partial charge on any atom is -0.390 e. The predicted molar refractivity (Wildman–Crippen MR) is 96.2 cm³/mol. The van der Waals surface area contributed by atoms with Crippen LogP contribution in [0.3, 0.4) is 0 Å². The van der Waals surface area contributed by atoms with Gasteiger partial charge < -0.3 is 20.6 Å². The van der Waals surface area contributed by atoms with Gasteiger partial charge in [0.15, 0.2) is 5.82 Å². The van der Waals surface area contributed by atoms with Gasteiger partial charge >= 0.3 is 0 Å². The number of nitrogens with zero attached hydrogens (tertiary/aromatic N) is 4. The molecular formula is C16H22ClN7O. The molecule has 0 amide bonds. The first-order chi connectivity index (χ1) is 12.1. The number of halogens is 1. The van der Waals surface area contributed by atoms with Crippen molar-refractivity contribution in [1.29, 1.82) is 0 Å². The van der Waals surface area contributed by atoms with Crippen molar-refractivity contribution in [2.24, 2.45) is 0 Å². The number of aliphatic hydroxyl groups excluding tert-OH is 1. The largest absolute Gasteiger partial charge is 0.390 e. The summed E-state index contributed by atoms with van der Waals surface area (Å²) in [6.07, 6.45) is 4.71. The quantitative estimate of drug-likeness (QED) is 0.601. The number of anilines is 3. The summed E-state index contributed by atoms with van der Waals surface area (Å²) in [4.78, 5) is 11.1. The van der Waals surface area contributed by atoms with Gasteiger partial charge in [0.1, 0.15) is 11.0 Å². The first-order valence-electron chi connectivity index (χ1n) is 8.56. The van der Waals surface area contributed by atoms with Crippen LogP contribution in [0.4, 0.5) is 17.6 Å². The van der Waals surface area contributed by atoms with Crippen molar-refractivity contribution in [3.63, 3.8) is 0 Å². The van der Waals surface area contributed by atoms with Crippen molar-refractivity contribution in [2.75, 3.05) is 17.3 Å². The lowest BCUT2D eigenvalue weighted by Gasteiger charge is -2.35. The van der Waals surface area contributed by atoms with Crippen LogP contribution in [0.5, 0.6) is 0 Å². The van der Waals surface area contributed by atoms with E-state index in [1.165, 1.54) is 12.8 Å². The fraction of sp³-hybridized carbons (Fsp3) is 0.562. The first kappa shape index (κ1) is 16.6. The van der Waals surface area contributed by atoms with Gasteiger partial charge in [0.2, 0.25) is 5.95 Å². The van der Waals surface area contributed by atoms with Gasteiger partial charge in [0.05, 0.1) is 12.3 Å². The van der Waals surface area contributed by atoms with Crippen molar-refractivity contribution in [3.05, 3.63) is 23.0 Å². The molecule has 2 aromatic rings. The van der Waals surface area contributed by atoms with Crippen LogP contribution in [-0.4, -0.2) is 50.4 Å². The third kappa shape index (κ3) is 3.56. The van der Waals surface area contributed by atoms with Gasteiger partial charge in [-0.15, -0.1) is 0 Å². The van der Waals surface area contributed by atoms with Crippen LogP contribution in [0, 0.1) is 0 Å². The molecule has 2 aromatic heterocycles. The zero-order valence-corrected chi connectivity index (χ0v) is 14.8. The Bertz CT molecular complexity index is 740. The van der Waals surface area contributed by atoms with E-state index in [2.05, 4.69) is 35.7 Å². The SMILES string of the molecule is CN(c1nc(Cl)cc(Nc2cc(CO)[nH]n2)n1)[C@@H]1C[C@H]2CC[C@@H](C1)N2. The summed E-state index contributed by atoms with van der Waals surface area (Å²) in [6, 6.07) is 5.01. The highest BCUT2D eigenvalue weighted by molar-refractivity contribution is 6.29.